The van der Waals surface area contributed by atoms with E-state index in [0.29, 0.717) is 19.6 Å². The second kappa shape index (κ2) is 4.25. The standard InChI is InChI=1S/C9H15NO3/c1-3-12-8(10)6-5-7(6)9(11)13-4-2/h6-7,10H,3-5H2,1-2H3/t6-,7-/m1/s1. The third-order valence-electron chi connectivity index (χ3n) is 2.02. The highest BCUT2D eigenvalue weighted by Crippen LogP contribution is 2.40. The molecule has 13 heavy (non-hydrogen) atoms. The molecule has 0 aromatic carbocycles. The van der Waals surface area contributed by atoms with Crippen molar-refractivity contribution < 1.29 is 14.3 Å². The Hall–Kier alpha value is -1.06. The van der Waals surface area contributed by atoms with Crippen molar-refractivity contribution >= 4 is 11.9 Å². The van der Waals surface area contributed by atoms with Crippen molar-refractivity contribution in [2.24, 2.45) is 11.8 Å². The van der Waals surface area contributed by atoms with Crippen LogP contribution in [0.25, 0.3) is 0 Å². The molecule has 0 heterocycles. The lowest BCUT2D eigenvalue weighted by molar-refractivity contribution is -0.144. The van der Waals surface area contributed by atoms with Gasteiger partial charge in [-0.1, -0.05) is 0 Å². The van der Waals surface area contributed by atoms with Gasteiger partial charge in [-0.25, -0.2) is 0 Å². The summed E-state index contributed by atoms with van der Waals surface area (Å²) in [6, 6.07) is 0. The maximum atomic E-state index is 11.1. The van der Waals surface area contributed by atoms with Crippen LogP contribution in [0.5, 0.6) is 0 Å². The lowest BCUT2D eigenvalue weighted by Gasteiger charge is -2.03. The molecule has 0 aliphatic heterocycles. The van der Waals surface area contributed by atoms with Crippen LogP contribution in [-0.2, 0) is 14.3 Å². The van der Waals surface area contributed by atoms with E-state index in [1.165, 1.54) is 0 Å². The summed E-state index contributed by atoms with van der Waals surface area (Å²) in [5, 5.41) is 7.43. The average Bonchev–Trinajstić information content (AvgIpc) is 2.84. The van der Waals surface area contributed by atoms with Gasteiger partial charge in [0.25, 0.3) is 0 Å². The lowest BCUT2D eigenvalue weighted by Crippen LogP contribution is -2.13. The average molecular weight is 185 g/mol. The smallest absolute Gasteiger partial charge is 0.309 e. The molecule has 1 aliphatic rings. The van der Waals surface area contributed by atoms with E-state index in [2.05, 4.69) is 0 Å². The van der Waals surface area contributed by atoms with Gasteiger partial charge in [-0.15, -0.1) is 0 Å². The van der Waals surface area contributed by atoms with E-state index in [-0.39, 0.29) is 23.7 Å². The number of esters is 1. The Morgan fingerprint density at radius 2 is 1.92 bits per heavy atom. The van der Waals surface area contributed by atoms with Crippen LogP contribution in [0.1, 0.15) is 20.3 Å². The molecular weight excluding hydrogens is 170 g/mol. The number of hydrogen-bond acceptors (Lipinski definition) is 4. The van der Waals surface area contributed by atoms with Gasteiger partial charge >= 0.3 is 5.97 Å². The third kappa shape index (κ3) is 2.44. The van der Waals surface area contributed by atoms with E-state index in [1.807, 2.05) is 6.92 Å². The summed E-state index contributed by atoms with van der Waals surface area (Å²) >= 11 is 0. The van der Waals surface area contributed by atoms with E-state index in [0.717, 1.165) is 0 Å². The van der Waals surface area contributed by atoms with Gasteiger partial charge in [0.1, 0.15) is 0 Å². The fourth-order valence-corrected chi connectivity index (χ4v) is 1.26. The largest absolute Gasteiger partial charge is 0.481 e. The molecule has 0 spiro atoms. The predicted molar refractivity (Wildman–Crippen MR) is 47.6 cm³/mol. The molecule has 74 valence electrons. The topological polar surface area (TPSA) is 59.4 Å². The van der Waals surface area contributed by atoms with Gasteiger partial charge in [-0.2, -0.15) is 0 Å². The second-order valence-corrected chi connectivity index (χ2v) is 3.00. The zero-order chi connectivity index (χ0) is 9.84. The van der Waals surface area contributed by atoms with Crippen molar-refractivity contribution in [3.63, 3.8) is 0 Å². The minimum absolute atomic E-state index is 0.0287. The summed E-state index contributed by atoms with van der Waals surface area (Å²) in [4.78, 5) is 11.1. The van der Waals surface area contributed by atoms with Crippen molar-refractivity contribution in [1.29, 1.82) is 5.41 Å². The fraction of sp³-hybridized carbons (Fsp3) is 0.778. The van der Waals surface area contributed by atoms with Gasteiger partial charge in [0, 0.05) is 5.92 Å². The zero-order valence-electron chi connectivity index (χ0n) is 8.00. The Balaban J connectivity index is 2.29. The molecule has 1 aliphatic carbocycles. The van der Waals surface area contributed by atoms with Crippen LogP contribution in [-0.4, -0.2) is 25.1 Å². The van der Waals surface area contributed by atoms with Crippen molar-refractivity contribution in [3.05, 3.63) is 0 Å². The van der Waals surface area contributed by atoms with Crippen LogP contribution in [0, 0.1) is 17.2 Å². The van der Waals surface area contributed by atoms with Crippen LogP contribution < -0.4 is 0 Å². The first-order valence-electron chi connectivity index (χ1n) is 4.58. The summed E-state index contributed by atoms with van der Waals surface area (Å²) in [7, 11) is 0. The summed E-state index contributed by atoms with van der Waals surface area (Å²) in [6.07, 6.45) is 0.706. The van der Waals surface area contributed by atoms with Crippen LogP contribution >= 0.6 is 0 Å². The second-order valence-electron chi connectivity index (χ2n) is 3.00. The first kappa shape index (κ1) is 10.0. The van der Waals surface area contributed by atoms with Gasteiger partial charge in [0.15, 0.2) is 5.90 Å². The van der Waals surface area contributed by atoms with Crippen LogP contribution in [0.4, 0.5) is 0 Å². The van der Waals surface area contributed by atoms with E-state index in [9.17, 15) is 4.79 Å². The van der Waals surface area contributed by atoms with Crippen molar-refractivity contribution in [2.75, 3.05) is 13.2 Å². The number of ether oxygens (including phenoxy) is 2. The molecule has 0 aromatic heterocycles. The molecule has 0 aromatic rings. The zero-order valence-corrected chi connectivity index (χ0v) is 8.00. The SMILES string of the molecule is CCOC(=N)[C@@H]1C[C@H]1C(=O)OCC. The first-order valence-corrected chi connectivity index (χ1v) is 4.58. The van der Waals surface area contributed by atoms with Gasteiger partial charge in [-0.3, -0.25) is 10.2 Å². The molecule has 0 unspecified atom stereocenters. The minimum atomic E-state index is -0.197. The number of carbonyl (C=O) groups excluding carboxylic acids is 1. The molecule has 0 bridgehead atoms. The molecule has 0 saturated heterocycles. The third-order valence-corrected chi connectivity index (χ3v) is 2.02. The van der Waals surface area contributed by atoms with E-state index >= 15 is 0 Å². The Kier molecular flexibility index (Phi) is 3.28. The molecular formula is C9H15NO3. The monoisotopic (exact) mass is 185 g/mol. The molecule has 1 fully saturated rings. The predicted octanol–water partition coefficient (Wildman–Crippen LogP) is 1.20. The highest BCUT2D eigenvalue weighted by molar-refractivity contribution is 5.88. The van der Waals surface area contributed by atoms with Gasteiger partial charge in [0.05, 0.1) is 19.1 Å². The fourth-order valence-electron chi connectivity index (χ4n) is 1.26. The Morgan fingerprint density at radius 3 is 2.46 bits per heavy atom. The molecule has 2 atom stereocenters. The molecule has 4 heteroatoms. The maximum absolute atomic E-state index is 11.1. The lowest BCUT2D eigenvalue weighted by atomic mass is 10.3. The normalized spacial score (nSPS) is 25.1. The molecule has 1 saturated carbocycles. The number of rotatable bonds is 4. The van der Waals surface area contributed by atoms with Gasteiger partial charge < -0.3 is 9.47 Å². The Labute approximate surface area is 77.7 Å². The first-order chi connectivity index (χ1) is 6.20. The number of hydrogen-bond donors (Lipinski definition) is 1. The molecule has 4 nitrogen and oxygen atoms in total. The summed E-state index contributed by atoms with van der Waals surface area (Å²) in [5.74, 6) is -0.129. The summed E-state index contributed by atoms with van der Waals surface area (Å²) in [6.45, 7) is 4.51. The van der Waals surface area contributed by atoms with Crippen LogP contribution in [0.15, 0.2) is 0 Å². The van der Waals surface area contributed by atoms with Crippen molar-refractivity contribution in [2.45, 2.75) is 20.3 Å². The van der Waals surface area contributed by atoms with Crippen molar-refractivity contribution in [3.8, 4) is 0 Å². The summed E-state index contributed by atoms with van der Waals surface area (Å²) < 4.78 is 9.83. The molecule has 0 radical (unpaired) electrons. The highest BCUT2D eigenvalue weighted by atomic mass is 16.5. The highest BCUT2D eigenvalue weighted by Gasteiger charge is 2.48. The van der Waals surface area contributed by atoms with E-state index in [4.69, 9.17) is 14.9 Å². The quantitative estimate of drug-likeness (QED) is 0.406. The maximum Gasteiger partial charge on any atom is 0.309 e. The van der Waals surface area contributed by atoms with Crippen LogP contribution in [0.2, 0.25) is 0 Å². The van der Waals surface area contributed by atoms with E-state index in [1.54, 1.807) is 6.92 Å². The van der Waals surface area contributed by atoms with E-state index < -0.39 is 0 Å². The Morgan fingerprint density at radius 1 is 1.31 bits per heavy atom. The van der Waals surface area contributed by atoms with Crippen LogP contribution in [0.3, 0.4) is 0 Å². The van der Waals surface area contributed by atoms with Gasteiger partial charge in [-0.05, 0) is 20.3 Å². The number of carbonyl (C=O) groups is 1. The minimum Gasteiger partial charge on any atom is -0.481 e. The molecule has 1 N–H and O–H groups in total. The van der Waals surface area contributed by atoms with Crippen molar-refractivity contribution in [1.82, 2.24) is 0 Å². The molecule has 0 amide bonds. The van der Waals surface area contributed by atoms with Gasteiger partial charge in [0.2, 0.25) is 0 Å². The summed E-state index contributed by atoms with van der Waals surface area (Å²) in [5.41, 5.74) is 0. The number of nitrogens with one attached hydrogen (secondary N) is 1. The molecule has 1 rings (SSSR count). The Bertz CT molecular complexity index is 193.